The first kappa shape index (κ1) is 15.1. The van der Waals surface area contributed by atoms with Crippen LogP contribution in [0, 0.1) is 0 Å². The fraction of sp³-hybridized carbons (Fsp3) is 0.375. The van der Waals surface area contributed by atoms with Gasteiger partial charge >= 0.3 is 0 Å². The van der Waals surface area contributed by atoms with Gasteiger partial charge in [-0.25, -0.2) is 4.98 Å². The molecule has 1 fully saturated rings. The van der Waals surface area contributed by atoms with Crippen molar-refractivity contribution in [1.82, 2.24) is 9.97 Å². The highest BCUT2D eigenvalue weighted by atomic mass is 35.5. The van der Waals surface area contributed by atoms with Crippen LogP contribution in [-0.4, -0.2) is 35.3 Å². The van der Waals surface area contributed by atoms with Gasteiger partial charge in [-0.1, -0.05) is 11.6 Å². The molecule has 2 atom stereocenters. The summed E-state index contributed by atoms with van der Waals surface area (Å²) >= 11 is 5.83. The lowest BCUT2D eigenvalue weighted by Gasteiger charge is -2.36. The summed E-state index contributed by atoms with van der Waals surface area (Å²) in [6.07, 6.45) is 3.96. The van der Waals surface area contributed by atoms with Crippen molar-refractivity contribution < 1.29 is 4.74 Å². The van der Waals surface area contributed by atoms with Crippen molar-refractivity contribution in [1.29, 1.82) is 0 Å². The second-order valence-electron chi connectivity index (χ2n) is 5.66. The van der Waals surface area contributed by atoms with Gasteiger partial charge in [0.1, 0.15) is 5.15 Å². The number of pyridine rings is 2. The summed E-state index contributed by atoms with van der Waals surface area (Å²) in [5.74, 6) is 0. The van der Waals surface area contributed by atoms with Crippen molar-refractivity contribution >= 4 is 23.0 Å². The zero-order valence-electron chi connectivity index (χ0n) is 12.7. The highest BCUT2D eigenvalue weighted by Crippen LogP contribution is 2.27. The Balaban J connectivity index is 1.83. The van der Waals surface area contributed by atoms with Crippen molar-refractivity contribution in [3.05, 3.63) is 35.7 Å². The van der Waals surface area contributed by atoms with Gasteiger partial charge in [0.2, 0.25) is 0 Å². The Kier molecular flexibility index (Phi) is 4.18. The first-order valence-corrected chi connectivity index (χ1v) is 7.68. The molecule has 6 heteroatoms. The lowest BCUT2D eigenvalue weighted by atomic mass is 10.1. The third-order valence-electron chi connectivity index (χ3n) is 3.71. The predicted octanol–water partition coefficient (Wildman–Crippen LogP) is 2.99. The summed E-state index contributed by atoms with van der Waals surface area (Å²) in [5.41, 5.74) is 9.23. The zero-order chi connectivity index (χ0) is 15.7. The number of aromatic nitrogens is 2. The molecule has 1 aliphatic heterocycles. The molecule has 0 bridgehead atoms. The predicted molar refractivity (Wildman–Crippen MR) is 89.1 cm³/mol. The second kappa shape index (κ2) is 6.10. The van der Waals surface area contributed by atoms with E-state index in [0.29, 0.717) is 10.8 Å². The van der Waals surface area contributed by atoms with E-state index in [1.54, 1.807) is 12.3 Å². The average molecular weight is 319 g/mol. The SMILES string of the molecule is C[C@@H]1CN(c2ccc(-c3cnc(Cl)cc3N)nc2)C[C@H](C)O1. The molecule has 22 heavy (non-hydrogen) atoms. The maximum absolute atomic E-state index is 5.98. The van der Waals surface area contributed by atoms with E-state index in [-0.39, 0.29) is 12.2 Å². The minimum absolute atomic E-state index is 0.222. The van der Waals surface area contributed by atoms with E-state index in [0.717, 1.165) is 30.0 Å². The Hall–Kier alpha value is -1.85. The molecule has 2 N–H and O–H groups in total. The van der Waals surface area contributed by atoms with Crippen LogP contribution in [0.25, 0.3) is 11.3 Å². The van der Waals surface area contributed by atoms with Crippen LogP contribution in [0.2, 0.25) is 5.15 Å². The molecule has 0 spiro atoms. The van der Waals surface area contributed by atoms with Crippen LogP contribution in [0.3, 0.4) is 0 Å². The Labute approximate surface area is 135 Å². The molecule has 0 unspecified atom stereocenters. The molecule has 0 radical (unpaired) electrons. The number of nitrogens with zero attached hydrogens (tertiary/aromatic N) is 3. The van der Waals surface area contributed by atoms with E-state index in [1.807, 2.05) is 12.3 Å². The maximum atomic E-state index is 5.98. The average Bonchev–Trinajstić information content (AvgIpc) is 2.46. The molecular formula is C16H19ClN4O. The number of hydrogen-bond acceptors (Lipinski definition) is 5. The largest absolute Gasteiger partial charge is 0.398 e. The fourth-order valence-electron chi connectivity index (χ4n) is 2.78. The van der Waals surface area contributed by atoms with Gasteiger partial charge in [0, 0.05) is 30.5 Å². The van der Waals surface area contributed by atoms with E-state index in [2.05, 4.69) is 34.8 Å². The minimum Gasteiger partial charge on any atom is -0.398 e. The molecule has 1 aliphatic rings. The third-order valence-corrected chi connectivity index (χ3v) is 3.92. The van der Waals surface area contributed by atoms with Gasteiger partial charge in [0.25, 0.3) is 0 Å². The van der Waals surface area contributed by atoms with Crippen LogP contribution in [0.4, 0.5) is 11.4 Å². The van der Waals surface area contributed by atoms with E-state index >= 15 is 0 Å². The van der Waals surface area contributed by atoms with Crippen molar-refractivity contribution in [3.63, 3.8) is 0 Å². The first-order valence-electron chi connectivity index (χ1n) is 7.31. The Morgan fingerprint density at radius 1 is 1.18 bits per heavy atom. The lowest BCUT2D eigenvalue weighted by molar-refractivity contribution is -0.00523. The van der Waals surface area contributed by atoms with Crippen molar-refractivity contribution in [2.24, 2.45) is 0 Å². The summed E-state index contributed by atoms with van der Waals surface area (Å²) in [6, 6.07) is 5.65. The number of morpholine rings is 1. The van der Waals surface area contributed by atoms with Gasteiger partial charge < -0.3 is 15.4 Å². The molecule has 1 saturated heterocycles. The summed E-state index contributed by atoms with van der Waals surface area (Å²) in [6.45, 7) is 5.92. The molecule has 2 aromatic rings. The Morgan fingerprint density at radius 2 is 1.91 bits per heavy atom. The quantitative estimate of drug-likeness (QED) is 0.862. The number of rotatable bonds is 2. The summed E-state index contributed by atoms with van der Waals surface area (Å²) in [5, 5.41) is 0.383. The van der Waals surface area contributed by atoms with E-state index in [9.17, 15) is 0 Å². The lowest BCUT2D eigenvalue weighted by Crippen LogP contribution is -2.45. The van der Waals surface area contributed by atoms with Crippen molar-refractivity contribution in [2.75, 3.05) is 23.7 Å². The van der Waals surface area contributed by atoms with Crippen molar-refractivity contribution in [2.45, 2.75) is 26.1 Å². The van der Waals surface area contributed by atoms with Gasteiger partial charge in [-0.2, -0.15) is 0 Å². The van der Waals surface area contributed by atoms with Gasteiger partial charge in [-0.15, -0.1) is 0 Å². The first-order chi connectivity index (χ1) is 10.5. The Morgan fingerprint density at radius 3 is 2.50 bits per heavy atom. The van der Waals surface area contributed by atoms with Gasteiger partial charge in [-0.3, -0.25) is 4.98 Å². The van der Waals surface area contributed by atoms with Crippen LogP contribution in [-0.2, 0) is 4.74 Å². The molecule has 2 aromatic heterocycles. The van der Waals surface area contributed by atoms with Gasteiger partial charge in [0.15, 0.2) is 0 Å². The van der Waals surface area contributed by atoms with Crippen LogP contribution >= 0.6 is 11.6 Å². The number of nitrogen functional groups attached to an aromatic ring is 1. The van der Waals surface area contributed by atoms with Crippen molar-refractivity contribution in [3.8, 4) is 11.3 Å². The van der Waals surface area contributed by atoms with Gasteiger partial charge in [-0.05, 0) is 32.0 Å². The minimum atomic E-state index is 0.222. The number of ether oxygens (including phenoxy) is 1. The monoisotopic (exact) mass is 318 g/mol. The van der Waals surface area contributed by atoms with Crippen LogP contribution < -0.4 is 10.6 Å². The van der Waals surface area contributed by atoms with E-state index < -0.39 is 0 Å². The summed E-state index contributed by atoms with van der Waals surface area (Å²) in [7, 11) is 0. The number of halogens is 1. The van der Waals surface area contributed by atoms with E-state index in [1.165, 1.54) is 0 Å². The molecule has 3 heterocycles. The highest BCUT2D eigenvalue weighted by Gasteiger charge is 2.22. The number of nitrogens with two attached hydrogens (primary N) is 1. The highest BCUT2D eigenvalue weighted by molar-refractivity contribution is 6.29. The van der Waals surface area contributed by atoms with Crippen LogP contribution in [0.5, 0.6) is 0 Å². The van der Waals surface area contributed by atoms with E-state index in [4.69, 9.17) is 22.1 Å². The second-order valence-corrected chi connectivity index (χ2v) is 6.05. The molecule has 5 nitrogen and oxygen atoms in total. The molecule has 3 rings (SSSR count). The number of hydrogen-bond donors (Lipinski definition) is 1. The van der Waals surface area contributed by atoms with Crippen LogP contribution in [0.15, 0.2) is 30.6 Å². The molecule has 0 amide bonds. The fourth-order valence-corrected chi connectivity index (χ4v) is 2.95. The molecule has 0 saturated carbocycles. The smallest absolute Gasteiger partial charge is 0.131 e. The summed E-state index contributed by atoms with van der Waals surface area (Å²) in [4.78, 5) is 10.9. The normalized spacial score (nSPS) is 21.9. The topological polar surface area (TPSA) is 64.3 Å². The zero-order valence-corrected chi connectivity index (χ0v) is 13.4. The molecule has 0 aliphatic carbocycles. The molecule has 116 valence electrons. The molecular weight excluding hydrogens is 300 g/mol. The summed E-state index contributed by atoms with van der Waals surface area (Å²) < 4.78 is 5.76. The third kappa shape index (κ3) is 3.15. The maximum Gasteiger partial charge on any atom is 0.131 e. The van der Waals surface area contributed by atoms with Crippen LogP contribution in [0.1, 0.15) is 13.8 Å². The Bertz CT molecular complexity index is 652. The molecule has 0 aromatic carbocycles. The van der Waals surface area contributed by atoms with Gasteiger partial charge in [0.05, 0.1) is 29.8 Å². The number of anilines is 2. The standard InChI is InChI=1S/C16H19ClN4O/c1-10-8-21(9-11(2)22-10)12-3-4-15(19-6-12)13-7-20-16(17)5-14(13)18/h3-7,10-11H,8-9H2,1-2H3,(H2,18,20)/t10-,11+.